The Labute approximate surface area is 116 Å². The monoisotopic (exact) mass is 308 g/mol. The molecular formula is C14H17BrN2O. The smallest absolute Gasteiger partial charge is 0.0992 e. The Morgan fingerprint density at radius 2 is 2.17 bits per heavy atom. The van der Waals surface area contributed by atoms with Crippen LogP contribution >= 0.6 is 15.9 Å². The highest BCUT2D eigenvalue weighted by molar-refractivity contribution is 9.10. The lowest BCUT2D eigenvalue weighted by atomic mass is 9.64. The molecule has 0 saturated heterocycles. The molecule has 1 saturated carbocycles. The molecular weight excluding hydrogens is 292 g/mol. The Kier molecular flexibility index (Phi) is 3.65. The van der Waals surface area contributed by atoms with Gasteiger partial charge in [-0.25, -0.2) is 0 Å². The Morgan fingerprint density at radius 1 is 1.44 bits per heavy atom. The van der Waals surface area contributed by atoms with Gasteiger partial charge >= 0.3 is 0 Å². The van der Waals surface area contributed by atoms with Gasteiger partial charge in [-0.1, -0.05) is 29.8 Å². The molecule has 0 amide bonds. The molecule has 1 N–H and O–H groups in total. The van der Waals surface area contributed by atoms with Crippen molar-refractivity contribution in [1.29, 1.82) is 5.26 Å². The Balaban J connectivity index is 2.12. The highest BCUT2D eigenvalue weighted by atomic mass is 79.9. The first-order valence-electron chi connectivity index (χ1n) is 5.97. The zero-order chi connectivity index (χ0) is 13.3. The van der Waals surface area contributed by atoms with Crippen molar-refractivity contribution in [3.63, 3.8) is 0 Å². The van der Waals surface area contributed by atoms with Crippen molar-refractivity contribution in [3.05, 3.63) is 28.2 Å². The van der Waals surface area contributed by atoms with Crippen LogP contribution in [0.4, 0.5) is 5.69 Å². The molecule has 1 aliphatic rings. The maximum atomic E-state index is 8.96. The minimum Gasteiger partial charge on any atom is -0.382 e. The van der Waals surface area contributed by atoms with Crippen molar-refractivity contribution in [2.75, 3.05) is 12.4 Å². The molecule has 0 aliphatic heterocycles. The van der Waals surface area contributed by atoms with E-state index in [0.717, 1.165) is 16.6 Å². The molecule has 0 bridgehead atoms. The average molecular weight is 309 g/mol. The number of halogens is 1. The fraction of sp³-hybridized carbons (Fsp3) is 0.500. The second-order valence-electron chi connectivity index (χ2n) is 5.32. The lowest BCUT2D eigenvalue weighted by molar-refractivity contribution is -0.0794. The predicted molar refractivity (Wildman–Crippen MR) is 75.5 cm³/mol. The van der Waals surface area contributed by atoms with Gasteiger partial charge in [-0.3, -0.25) is 0 Å². The molecule has 2 rings (SSSR count). The number of nitrogens with zero attached hydrogens (tertiary/aromatic N) is 1. The molecule has 0 heterocycles. The van der Waals surface area contributed by atoms with Gasteiger partial charge < -0.3 is 10.1 Å². The topological polar surface area (TPSA) is 45.0 Å². The summed E-state index contributed by atoms with van der Waals surface area (Å²) in [6, 6.07) is 8.23. The van der Waals surface area contributed by atoms with E-state index in [1.54, 1.807) is 7.11 Å². The van der Waals surface area contributed by atoms with Crippen molar-refractivity contribution in [2.45, 2.75) is 32.4 Å². The summed E-state index contributed by atoms with van der Waals surface area (Å²) in [5.74, 6) is 0. The van der Waals surface area contributed by atoms with Crippen LogP contribution in [0.5, 0.6) is 0 Å². The lowest BCUT2D eigenvalue weighted by Crippen LogP contribution is -2.57. The van der Waals surface area contributed by atoms with Crippen molar-refractivity contribution in [2.24, 2.45) is 5.41 Å². The molecule has 3 nitrogen and oxygen atoms in total. The lowest BCUT2D eigenvalue weighted by Gasteiger charge is -2.51. The van der Waals surface area contributed by atoms with Crippen LogP contribution in [0.2, 0.25) is 0 Å². The van der Waals surface area contributed by atoms with Crippen molar-refractivity contribution < 1.29 is 4.74 Å². The van der Waals surface area contributed by atoms with E-state index in [-0.39, 0.29) is 5.41 Å². The fourth-order valence-electron chi connectivity index (χ4n) is 2.47. The average Bonchev–Trinajstić information content (AvgIpc) is 2.33. The third kappa shape index (κ3) is 2.38. The number of methoxy groups -OCH3 is 1. The SMILES string of the molecule is COC1CC(Nc2cc(Br)cc(C#N)c2)C1(C)C. The minimum absolute atomic E-state index is 0.115. The summed E-state index contributed by atoms with van der Waals surface area (Å²) >= 11 is 3.42. The first-order chi connectivity index (χ1) is 8.47. The summed E-state index contributed by atoms with van der Waals surface area (Å²) in [5.41, 5.74) is 1.75. The largest absolute Gasteiger partial charge is 0.382 e. The summed E-state index contributed by atoms with van der Waals surface area (Å²) in [5, 5.41) is 12.4. The van der Waals surface area contributed by atoms with E-state index in [1.165, 1.54) is 0 Å². The van der Waals surface area contributed by atoms with Crippen LogP contribution in [0.15, 0.2) is 22.7 Å². The maximum Gasteiger partial charge on any atom is 0.0992 e. The Bertz CT molecular complexity index is 493. The van der Waals surface area contributed by atoms with Crippen LogP contribution in [-0.4, -0.2) is 19.3 Å². The third-order valence-corrected chi connectivity index (χ3v) is 4.29. The van der Waals surface area contributed by atoms with Crippen LogP contribution in [0, 0.1) is 16.7 Å². The van der Waals surface area contributed by atoms with Crippen LogP contribution in [0.3, 0.4) is 0 Å². The molecule has 0 spiro atoms. The zero-order valence-electron chi connectivity index (χ0n) is 10.8. The number of ether oxygens (including phenoxy) is 1. The van der Waals surface area contributed by atoms with Crippen LogP contribution in [0.1, 0.15) is 25.8 Å². The number of hydrogen-bond donors (Lipinski definition) is 1. The van der Waals surface area contributed by atoms with Gasteiger partial charge in [-0.15, -0.1) is 0 Å². The zero-order valence-corrected chi connectivity index (χ0v) is 12.4. The number of rotatable bonds is 3. The van der Waals surface area contributed by atoms with Gasteiger partial charge in [-0.2, -0.15) is 5.26 Å². The van der Waals surface area contributed by atoms with Crippen molar-refractivity contribution >= 4 is 21.6 Å². The Morgan fingerprint density at radius 3 is 2.72 bits per heavy atom. The highest BCUT2D eigenvalue weighted by Crippen LogP contribution is 2.44. The first kappa shape index (κ1) is 13.4. The number of nitrogens with one attached hydrogen (secondary N) is 1. The van der Waals surface area contributed by atoms with Gasteiger partial charge in [0, 0.05) is 28.7 Å². The second kappa shape index (κ2) is 4.91. The van der Waals surface area contributed by atoms with Crippen LogP contribution in [-0.2, 0) is 4.74 Å². The molecule has 2 unspecified atom stereocenters. The van der Waals surface area contributed by atoms with E-state index in [9.17, 15) is 0 Å². The van der Waals surface area contributed by atoms with E-state index < -0.39 is 0 Å². The first-order valence-corrected chi connectivity index (χ1v) is 6.76. The molecule has 18 heavy (non-hydrogen) atoms. The molecule has 0 radical (unpaired) electrons. The van der Waals surface area contributed by atoms with Crippen molar-refractivity contribution in [1.82, 2.24) is 0 Å². The van der Waals surface area contributed by atoms with Gasteiger partial charge in [0.25, 0.3) is 0 Å². The molecule has 1 fully saturated rings. The highest BCUT2D eigenvalue weighted by Gasteiger charge is 2.48. The summed E-state index contributed by atoms with van der Waals surface area (Å²) in [4.78, 5) is 0. The van der Waals surface area contributed by atoms with E-state index in [1.807, 2.05) is 18.2 Å². The second-order valence-corrected chi connectivity index (χ2v) is 6.23. The molecule has 1 aromatic carbocycles. The fourth-order valence-corrected chi connectivity index (χ4v) is 2.96. The quantitative estimate of drug-likeness (QED) is 0.929. The summed E-state index contributed by atoms with van der Waals surface area (Å²) in [6.45, 7) is 4.40. The number of anilines is 1. The van der Waals surface area contributed by atoms with Crippen LogP contribution in [0.25, 0.3) is 0 Å². The van der Waals surface area contributed by atoms with Crippen molar-refractivity contribution in [3.8, 4) is 6.07 Å². The van der Waals surface area contributed by atoms with E-state index in [2.05, 4.69) is 41.2 Å². The molecule has 2 atom stereocenters. The van der Waals surface area contributed by atoms with E-state index in [0.29, 0.717) is 17.7 Å². The summed E-state index contributed by atoms with van der Waals surface area (Å²) in [7, 11) is 1.76. The number of benzene rings is 1. The molecule has 1 aliphatic carbocycles. The van der Waals surface area contributed by atoms with E-state index >= 15 is 0 Å². The van der Waals surface area contributed by atoms with Gasteiger partial charge in [0.1, 0.15) is 0 Å². The summed E-state index contributed by atoms with van der Waals surface area (Å²) < 4.78 is 6.36. The molecule has 96 valence electrons. The Hall–Kier alpha value is -1.05. The molecule has 1 aromatic rings. The predicted octanol–water partition coefficient (Wildman–Crippen LogP) is 3.55. The number of hydrogen-bond acceptors (Lipinski definition) is 3. The van der Waals surface area contributed by atoms with Gasteiger partial charge in [0.15, 0.2) is 0 Å². The van der Waals surface area contributed by atoms with Gasteiger partial charge in [-0.05, 0) is 24.6 Å². The maximum absolute atomic E-state index is 8.96. The third-order valence-electron chi connectivity index (χ3n) is 3.83. The number of nitriles is 1. The molecule has 0 aromatic heterocycles. The summed E-state index contributed by atoms with van der Waals surface area (Å²) in [6.07, 6.45) is 1.30. The van der Waals surface area contributed by atoms with E-state index in [4.69, 9.17) is 10.00 Å². The van der Waals surface area contributed by atoms with Gasteiger partial charge in [0.05, 0.1) is 17.7 Å². The van der Waals surface area contributed by atoms with Gasteiger partial charge in [0.2, 0.25) is 0 Å². The standard InChI is InChI=1S/C14H17BrN2O/c1-14(2)12(7-13(14)18-3)17-11-5-9(8-16)4-10(15)6-11/h4-6,12-13,17H,7H2,1-3H3. The normalized spacial score (nSPS) is 25.1. The minimum atomic E-state index is 0.115. The van der Waals surface area contributed by atoms with Crippen LogP contribution < -0.4 is 5.32 Å². The molecule has 4 heteroatoms.